The zero-order valence-corrected chi connectivity index (χ0v) is 92.6. The minimum atomic E-state index is -0.239. The van der Waals surface area contributed by atoms with Crippen molar-refractivity contribution in [3.05, 3.63) is 277 Å². The summed E-state index contributed by atoms with van der Waals surface area (Å²) >= 11 is 0. The molecule has 5 aliphatic carbocycles. The van der Waals surface area contributed by atoms with Crippen LogP contribution in [0.1, 0.15) is 369 Å². The largest absolute Gasteiger partial charge is 0.507 e. The molecule has 4 fully saturated rings. The van der Waals surface area contributed by atoms with E-state index in [2.05, 4.69) is 314 Å². The Bertz CT molecular complexity index is 5890. The fourth-order valence-corrected chi connectivity index (χ4v) is 19.5. The van der Waals surface area contributed by atoms with Gasteiger partial charge in [-0.25, -0.2) is 0 Å². The second-order valence-electron chi connectivity index (χ2n) is 48.1. The van der Waals surface area contributed by atoms with Gasteiger partial charge >= 0.3 is 5.97 Å². The number of hydrogen-bond donors (Lipinski definition) is 6. The number of aliphatic imine (C=N–C) groups is 6. The Labute approximate surface area is 878 Å². The maximum absolute atomic E-state index is 12.1. The van der Waals surface area contributed by atoms with E-state index in [4.69, 9.17) is 34.7 Å². The van der Waals surface area contributed by atoms with Gasteiger partial charge in [0, 0.05) is 143 Å². The third-order valence-corrected chi connectivity index (χ3v) is 28.1. The van der Waals surface area contributed by atoms with Gasteiger partial charge in [-0.15, -0.1) is 5.92 Å². The normalized spacial score (nSPS) is 19.6. The summed E-state index contributed by atoms with van der Waals surface area (Å²) in [6.45, 7) is 65.0. The first-order chi connectivity index (χ1) is 66.0. The van der Waals surface area contributed by atoms with Crippen LogP contribution >= 0.6 is 0 Å². The summed E-state index contributed by atoms with van der Waals surface area (Å²) in [4.78, 5) is 42.1. The van der Waals surface area contributed by atoms with E-state index in [1.807, 2.05) is 85.8 Å². The number of hydrogen-bond acceptors (Lipinski definition) is 14. The Kier molecular flexibility index (Phi) is 39.1. The molecule has 3 unspecified atom stereocenters. The number of carbonyl (C=O) groups excluding carboxylic acids is 1. The predicted molar refractivity (Wildman–Crippen MR) is 596 cm³/mol. The quantitative estimate of drug-likeness (QED) is 0.0159. The standard InChI is InChI=1S/2C40H52N2O2.C30H42N2O2.C17H16O2.2Co/c2*1-11-26-16-18-27(19-17-26)28-20-29(36(43)32(22-28)39(5,6)7)24-41-34-14-12-13-15-35(34)42-25-30-21-31(38(2,3)4)23-33(37(30)44)40(8,9)10;1-19-13-21(27(33)23(15-19)29(3,4)5)17-31-25-11-9-10-12-26(25)32-18-22-14-20(2)16-24(28(22)34)30(6,7)8;1-2-3-12-5-8-15(9-6-12)19-17(18)16-11-13-4-7-14(16)10-13;;/h2*11,16-25,34-35,43-44H,1,12-15H2,2-10H3;13-18,25-26,33-34H,9-12H2,1-8H3;4-9,13-14,16H,10-11H2,1H3;;/t2*34-,35-;25-,26+;;;/m11..../s1. The van der Waals surface area contributed by atoms with Crippen molar-refractivity contribution < 1.29 is 73.7 Å². The molecule has 14 nitrogen and oxygen atoms in total. The van der Waals surface area contributed by atoms with E-state index in [9.17, 15) is 35.4 Å². The van der Waals surface area contributed by atoms with Crippen LogP contribution in [0, 0.1) is 43.4 Å². The minimum absolute atomic E-state index is 0. The number of esters is 1. The van der Waals surface area contributed by atoms with Crippen LogP contribution in [-0.4, -0.2) is 110 Å². The monoisotopic (exact) mass is 2020 g/mol. The molecular weight excluding hydrogens is 1860 g/mol. The molecule has 0 spiro atoms. The zero-order chi connectivity index (χ0) is 103. The number of ether oxygens (including phenoxy) is 1. The molecule has 766 valence electrons. The van der Waals surface area contributed by atoms with Crippen molar-refractivity contribution in [2.24, 2.45) is 47.7 Å². The van der Waals surface area contributed by atoms with Gasteiger partial charge in [0.2, 0.25) is 0 Å². The number of aryl methyl sites for hydroxylation is 2. The molecule has 6 N–H and O–H groups in total. The number of fused-ring (bicyclic) bond motifs is 2. The Balaban J connectivity index is 0.000000219. The molecule has 9 atom stereocenters. The molecule has 0 saturated heterocycles. The smallest absolute Gasteiger partial charge is 0.314 e. The second kappa shape index (κ2) is 48.4. The summed E-state index contributed by atoms with van der Waals surface area (Å²) in [5.74, 6) is 9.16. The molecule has 5 aliphatic rings. The molecule has 14 rings (SSSR count). The van der Waals surface area contributed by atoms with Crippen LogP contribution < -0.4 is 4.74 Å². The van der Waals surface area contributed by atoms with Crippen LogP contribution in [0.5, 0.6) is 40.2 Å². The van der Waals surface area contributed by atoms with Gasteiger partial charge in [-0.1, -0.05) is 321 Å². The van der Waals surface area contributed by atoms with E-state index >= 15 is 0 Å². The van der Waals surface area contributed by atoms with Gasteiger partial charge in [0.25, 0.3) is 0 Å². The fourth-order valence-electron chi connectivity index (χ4n) is 19.5. The van der Waals surface area contributed by atoms with Gasteiger partial charge < -0.3 is 35.4 Å². The van der Waals surface area contributed by atoms with Gasteiger partial charge in [-0.3, -0.25) is 34.7 Å². The van der Waals surface area contributed by atoms with Crippen LogP contribution in [0.15, 0.2) is 201 Å². The van der Waals surface area contributed by atoms with Crippen molar-refractivity contribution in [3.8, 4) is 74.3 Å². The Hall–Kier alpha value is -10.9. The van der Waals surface area contributed by atoms with Crippen LogP contribution in [0.3, 0.4) is 0 Å². The van der Waals surface area contributed by atoms with Gasteiger partial charge in [-0.2, -0.15) is 0 Å². The third kappa shape index (κ3) is 30.8. The van der Waals surface area contributed by atoms with E-state index in [-0.39, 0.29) is 137 Å². The molecule has 0 aromatic heterocycles. The Morgan fingerprint density at radius 2 is 0.608 bits per heavy atom. The average molecular weight is 2020 g/mol. The fraction of sp³-hybridized carbons (Fsp3) is 0.457. The van der Waals surface area contributed by atoms with Crippen LogP contribution in [-0.2, 0) is 81.7 Å². The number of nitrogens with zero attached hydrogens (tertiary/aromatic N) is 6. The van der Waals surface area contributed by atoms with Crippen molar-refractivity contribution in [3.63, 3.8) is 0 Å². The summed E-state index contributed by atoms with van der Waals surface area (Å²) < 4.78 is 5.46. The molecule has 0 heterocycles. The SMILES string of the molecule is C=Cc1ccc(-c2cc(C=N[C@@H]3CCCC[C@H]3N=Cc3cc(C(C)(C)C)cc(C(C)(C)C)c3O)c(O)c(C(C)(C)C)c2)cc1.C=Cc1ccc(-c2cc(C=N[C@@H]3CCCC[C@H]3N=Cc3cc(C(C)(C)C)cc(C(C)(C)C)c3O)c(O)c(C(C)(C)C)c2)cc1.CC#Cc1ccc(OC(=O)C2CC3C=CC2C3)cc1.Cc1cc(C=N[C@H]2CCCC[C@H]2N=Cc2cc(C)cc(C(C)(C)C)c2O)c(O)c(C(C)(C)C)c1.[Co].[Co]. The van der Waals surface area contributed by atoms with Gasteiger partial charge in [0.05, 0.1) is 42.2 Å². The van der Waals surface area contributed by atoms with E-state index in [0.717, 1.165) is 207 Å². The number of phenols is 6. The van der Waals surface area contributed by atoms with Gasteiger partial charge in [-0.05, 0) is 256 Å². The van der Waals surface area contributed by atoms with Crippen LogP contribution in [0.2, 0.25) is 0 Å². The van der Waals surface area contributed by atoms with Crippen molar-refractivity contribution in [1.82, 2.24) is 0 Å². The molecule has 2 radical (unpaired) electrons. The summed E-state index contributed by atoms with van der Waals surface area (Å²) in [7, 11) is 0. The van der Waals surface area contributed by atoms with E-state index in [1.54, 1.807) is 19.1 Å². The number of benzene rings is 9. The maximum Gasteiger partial charge on any atom is 0.314 e. The van der Waals surface area contributed by atoms with E-state index in [0.29, 0.717) is 40.6 Å². The maximum atomic E-state index is 12.1. The van der Waals surface area contributed by atoms with Gasteiger partial charge in [0.15, 0.2) is 0 Å². The topological polar surface area (TPSA) is 222 Å². The van der Waals surface area contributed by atoms with Crippen molar-refractivity contribution in [2.45, 2.75) is 356 Å². The van der Waals surface area contributed by atoms with Crippen molar-refractivity contribution in [1.29, 1.82) is 0 Å². The first-order valence-corrected chi connectivity index (χ1v) is 51.3. The molecule has 0 amide bonds. The second-order valence-corrected chi connectivity index (χ2v) is 48.1. The molecule has 2 bridgehead atoms. The summed E-state index contributed by atoms with van der Waals surface area (Å²) in [5, 5.41) is 67.1. The predicted octanol–water partition coefficient (Wildman–Crippen LogP) is 30.6. The Morgan fingerprint density at radius 3 is 0.860 bits per heavy atom. The van der Waals surface area contributed by atoms with Crippen LogP contribution in [0.25, 0.3) is 34.4 Å². The number of rotatable bonds is 18. The molecule has 16 heteroatoms. The third-order valence-electron chi connectivity index (χ3n) is 28.1. The number of aromatic hydroxyl groups is 6. The summed E-state index contributed by atoms with van der Waals surface area (Å²) in [6, 6.07) is 48.9. The van der Waals surface area contributed by atoms with Crippen LogP contribution in [0.4, 0.5) is 0 Å². The molecule has 143 heavy (non-hydrogen) atoms. The van der Waals surface area contributed by atoms with Crippen molar-refractivity contribution in [2.75, 3.05) is 0 Å². The summed E-state index contributed by atoms with van der Waals surface area (Å²) in [5.41, 5.74) is 20.8. The number of allylic oxidation sites excluding steroid dienone is 2. The number of phenolic OH excluding ortho intramolecular Hbond substituents is 6. The molecule has 4 saturated carbocycles. The molecule has 0 aliphatic heterocycles. The zero-order valence-electron chi connectivity index (χ0n) is 90.5. The summed E-state index contributed by atoms with van der Waals surface area (Å²) in [6.07, 6.45) is 33.6. The number of carbonyl (C=O) groups is 1. The Morgan fingerprint density at radius 1 is 0.336 bits per heavy atom. The van der Waals surface area contributed by atoms with E-state index in [1.165, 1.54) is 11.1 Å². The first kappa shape index (κ1) is 116. The molecule has 9 aromatic carbocycles. The minimum Gasteiger partial charge on any atom is -0.507 e. The van der Waals surface area contributed by atoms with Crippen molar-refractivity contribution >= 4 is 55.4 Å². The average Bonchev–Trinajstić information content (AvgIpc) is 1.62. The first-order valence-electron chi connectivity index (χ1n) is 51.3. The van der Waals surface area contributed by atoms with Gasteiger partial charge in [0.1, 0.15) is 40.2 Å². The van der Waals surface area contributed by atoms with E-state index < -0.39 is 0 Å². The molecule has 9 aromatic rings. The molecular formula is C127H162Co2N6O8.